The van der Waals surface area contributed by atoms with Gasteiger partial charge in [-0.2, -0.15) is 0 Å². The molecule has 0 amide bonds. The lowest BCUT2D eigenvalue weighted by atomic mass is 9.86. The van der Waals surface area contributed by atoms with Crippen LogP contribution < -0.4 is 4.74 Å². The highest BCUT2D eigenvalue weighted by Crippen LogP contribution is 2.39. The standard InChI is InChI=1S/C15H13ClO3/c1-18-15(17)12-4-2-3-9-7-10-8-11(16)5-6-13(10)19-14(9)12/h2,4-6,8-9H,3,7H2,1H3. The van der Waals surface area contributed by atoms with Gasteiger partial charge in [0.05, 0.1) is 12.7 Å². The first-order valence-corrected chi connectivity index (χ1v) is 6.52. The number of halogens is 1. The Morgan fingerprint density at radius 3 is 3.11 bits per heavy atom. The molecule has 1 atom stereocenters. The fraction of sp³-hybridized carbons (Fsp3) is 0.267. The summed E-state index contributed by atoms with van der Waals surface area (Å²) in [4.78, 5) is 11.8. The molecular weight excluding hydrogens is 264 g/mol. The van der Waals surface area contributed by atoms with E-state index in [1.54, 1.807) is 12.1 Å². The Morgan fingerprint density at radius 1 is 1.47 bits per heavy atom. The minimum atomic E-state index is -0.353. The number of carbonyl (C=O) groups is 1. The average molecular weight is 277 g/mol. The first-order chi connectivity index (χ1) is 9.19. The molecule has 1 unspecified atom stereocenters. The van der Waals surface area contributed by atoms with Crippen LogP contribution in [0.1, 0.15) is 12.0 Å². The summed E-state index contributed by atoms with van der Waals surface area (Å²) >= 11 is 6.00. The van der Waals surface area contributed by atoms with E-state index < -0.39 is 0 Å². The van der Waals surface area contributed by atoms with Crippen molar-refractivity contribution < 1.29 is 14.3 Å². The largest absolute Gasteiger partial charge is 0.465 e. The van der Waals surface area contributed by atoms with Gasteiger partial charge in [-0.25, -0.2) is 4.79 Å². The maximum Gasteiger partial charge on any atom is 0.341 e. The molecule has 0 saturated heterocycles. The SMILES string of the molecule is COC(=O)C1=C2Oc3ccc(Cl)cc3CC2CC=C1. The zero-order chi connectivity index (χ0) is 13.4. The quantitative estimate of drug-likeness (QED) is 0.739. The molecule has 0 spiro atoms. The number of hydrogen-bond donors (Lipinski definition) is 0. The number of methoxy groups -OCH3 is 1. The van der Waals surface area contributed by atoms with E-state index in [9.17, 15) is 4.79 Å². The van der Waals surface area contributed by atoms with Crippen molar-refractivity contribution in [3.63, 3.8) is 0 Å². The van der Waals surface area contributed by atoms with Crippen LogP contribution in [-0.2, 0) is 16.0 Å². The van der Waals surface area contributed by atoms with Gasteiger partial charge < -0.3 is 9.47 Å². The summed E-state index contributed by atoms with van der Waals surface area (Å²) in [6, 6.07) is 5.55. The number of fused-ring (bicyclic) bond motifs is 2. The Kier molecular flexibility index (Phi) is 3.07. The van der Waals surface area contributed by atoms with Crippen molar-refractivity contribution in [2.45, 2.75) is 12.8 Å². The van der Waals surface area contributed by atoms with Gasteiger partial charge in [0.25, 0.3) is 0 Å². The fourth-order valence-electron chi connectivity index (χ4n) is 2.54. The molecule has 3 rings (SSSR count). The molecule has 0 aromatic heterocycles. The third kappa shape index (κ3) is 2.15. The summed E-state index contributed by atoms with van der Waals surface area (Å²) in [5.74, 6) is 1.31. The average Bonchev–Trinajstić information content (AvgIpc) is 2.43. The maximum atomic E-state index is 11.8. The van der Waals surface area contributed by atoms with Gasteiger partial charge in [-0.15, -0.1) is 0 Å². The van der Waals surface area contributed by atoms with Crippen molar-refractivity contribution in [3.8, 4) is 5.75 Å². The lowest BCUT2D eigenvalue weighted by Crippen LogP contribution is -2.24. The Hall–Kier alpha value is -1.74. The Balaban J connectivity index is 2.04. The molecule has 0 fully saturated rings. The van der Waals surface area contributed by atoms with Crippen LogP contribution in [0.3, 0.4) is 0 Å². The molecule has 1 aliphatic heterocycles. The van der Waals surface area contributed by atoms with Crippen LogP contribution in [-0.4, -0.2) is 13.1 Å². The smallest absolute Gasteiger partial charge is 0.341 e. The molecule has 3 nitrogen and oxygen atoms in total. The number of allylic oxidation sites excluding steroid dienone is 2. The molecule has 1 aromatic carbocycles. The van der Waals surface area contributed by atoms with Crippen LogP contribution in [0.15, 0.2) is 41.7 Å². The number of carbonyl (C=O) groups excluding carboxylic acids is 1. The second-order valence-corrected chi connectivity index (χ2v) is 5.10. The highest BCUT2D eigenvalue weighted by Gasteiger charge is 2.31. The summed E-state index contributed by atoms with van der Waals surface area (Å²) in [5.41, 5.74) is 1.60. The summed E-state index contributed by atoms with van der Waals surface area (Å²) in [5, 5.41) is 0.703. The number of ether oxygens (including phenoxy) is 2. The molecule has 1 aliphatic carbocycles. The number of rotatable bonds is 1. The van der Waals surface area contributed by atoms with Crippen molar-refractivity contribution >= 4 is 17.6 Å². The zero-order valence-corrected chi connectivity index (χ0v) is 11.2. The molecule has 1 aromatic rings. The second kappa shape index (κ2) is 4.74. The first kappa shape index (κ1) is 12.3. The molecule has 0 N–H and O–H groups in total. The van der Waals surface area contributed by atoms with E-state index in [0.717, 1.165) is 24.2 Å². The summed E-state index contributed by atoms with van der Waals surface area (Å²) in [6.07, 6.45) is 5.45. The lowest BCUT2D eigenvalue weighted by Gasteiger charge is -2.30. The molecule has 0 radical (unpaired) electrons. The molecule has 2 aliphatic rings. The summed E-state index contributed by atoms with van der Waals surface area (Å²) in [7, 11) is 1.38. The molecule has 19 heavy (non-hydrogen) atoms. The van der Waals surface area contributed by atoms with E-state index in [0.29, 0.717) is 16.4 Å². The van der Waals surface area contributed by atoms with Gasteiger partial charge in [-0.3, -0.25) is 0 Å². The highest BCUT2D eigenvalue weighted by molar-refractivity contribution is 6.30. The van der Waals surface area contributed by atoms with Crippen LogP contribution in [0.2, 0.25) is 5.02 Å². The number of esters is 1. The molecule has 0 saturated carbocycles. The number of benzene rings is 1. The lowest BCUT2D eigenvalue weighted by molar-refractivity contribution is -0.136. The summed E-state index contributed by atoms with van der Waals surface area (Å²) < 4.78 is 10.7. The van der Waals surface area contributed by atoms with Gasteiger partial charge in [-0.05, 0) is 42.7 Å². The van der Waals surface area contributed by atoms with Gasteiger partial charge in [0.2, 0.25) is 0 Å². The van der Waals surface area contributed by atoms with Crippen molar-refractivity contribution in [1.29, 1.82) is 0 Å². The van der Waals surface area contributed by atoms with Crippen molar-refractivity contribution in [2.24, 2.45) is 5.92 Å². The van der Waals surface area contributed by atoms with Gasteiger partial charge in [-0.1, -0.05) is 17.7 Å². The topological polar surface area (TPSA) is 35.5 Å². The fourth-order valence-corrected chi connectivity index (χ4v) is 2.74. The minimum absolute atomic E-state index is 0.185. The Bertz CT molecular complexity index is 601. The minimum Gasteiger partial charge on any atom is -0.465 e. The first-order valence-electron chi connectivity index (χ1n) is 6.14. The van der Waals surface area contributed by atoms with E-state index in [4.69, 9.17) is 21.1 Å². The molecular formula is C15H13ClO3. The van der Waals surface area contributed by atoms with Crippen LogP contribution in [0.4, 0.5) is 0 Å². The van der Waals surface area contributed by atoms with Crippen LogP contribution in [0, 0.1) is 5.92 Å². The van der Waals surface area contributed by atoms with Crippen molar-refractivity contribution in [1.82, 2.24) is 0 Å². The number of hydrogen-bond acceptors (Lipinski definition) is 3. The summed E-state index contributed by atoms with van der Waals surface area (Å²) in [6.45, 7) is 0. The van der Waals surface area contributed by atoms with Gasteiger partial charge in [0, 0.05) is 10.9 Å². The molecule has 1 heterocycles. The molecule has 0 bridgehead atoms. The van der Waals surface area contributed by atoms with Crippen molar-refractivity contribution in [2.75, 3.05) is 7.11 Å². The van der Waals surface area contributed by atoms with E-state index >= 15 is 0 Å². The van der Waals surface area contributed by atoms with Crippen LogP contribution >= 0.6 is 11.6 Å². The van der Waals surface area contributed by atoms with E-state index in [2.05, 4.69) is 0 Å². The second-order valence-electron chi connectivity index (χ2n) is 4.66. The van der Waals surface area contributed by atoms with E-state index in [1.807, 2.05) is 18.2 Å². The zero-order valence-electron chi connectivity index (χ0n) is 10.5. The predicted molar refractivity (Wildman–Crippen MR) is 72.1 cm³/mol. The van der Waals surface area contributed by atoms with Gasteiger partial charge >= 0.3 is 5.97 Å². The predicted octanol–water partition coefficient (Wildman–Crippen LogP) is 3.28. The molecule has 4 heteroatoms. The Morgan fingerprint density at radius 2 is 2.32 bits per heavy atom. The molecule has 98 valence electrons. The normalized spacial score (nSPS) is 20.4. The van der Waals surface area contributed by atoms with E-state index in [1.165, 1.54) is 7.11 Å². The van der Waals surface area contributed by atoms with Crippen LogP contribution in [0.5, 0.6) is 5.75 Å². The van der Waals surface area contributed by atoms with Crippen molar-refractivity contribution in [3.05, 3.63) is 52.3 Å². The van der Waals surface area contributed by atoms with Gasteiger partial charge in [0.1, 0.15) is 11.5 Å². The highest BCUT2D eigenvalue weighted by atomic mass is 35.5. The van der Waals surface area contributed by atoms with Gasteiger partial charge in [0.15, 0.2) is 0 Å². The third-order valence-corrected chi connectivity index (χ3v) is 3.69. The monoisotopic (exact) mass is 276 g/mol. The van der Waals surface area contributed by atoms with E-state index in [-0.39, 0.29) is 11.9 Å². The third-order valence-electron chi connectivity index (χ3n) is 3.46. The van der Waals surface area contributed by atoms with Crippen LogP contribution in [0.25, 0.3) is 0 Å². The maximum absolute atomic E-state index is 11.8. The Labute approximate surface area is 116 Å².